The van der Waals surface area contributed by atoms with Crippen molar-refractivity contribution >= 4 is 10.0 Å². The Morgan fingerprint density at radius 2 is 1.40 bits per heavy atom. The molecule has 0 radical (unpaired) electrons. The molecule has 30 heavy (non-hydrogen) atoms. The second-order valence-electron chi connectivity index (χ2n) is 8.87. The van der Waals surface area contributed by atoms with E-state index < -0.39 is 15.6 Å². The van der Waals surface area contributed by atoms with Crippen molar-refractivity contribution < 1.29 is 13.5 Å². The number of benzene rings is 2. The zero-order valence-corrected chi connectivity index (χ0v) is 19.3. The Morgan fingerprint density at radius 3 is 1.90 bits per heavy atom. The summed E-state index contributed by atoms with van der Waals surface area (Å²) in [5.74, 6) is -0.0372. The Balaban J connectivity index is 2.08. The first kappa shape index (κ1) is 24.5. The summed E-state index contributed by atoms with van der Waals surface area (Å²) in [6, 6.07) is 20.5. The smallest absolute Gasteiger partial charge is 0.214 e. The standard InChI is InChI=1S/C24H36N2O3S/c1-19(2)26-30(28,29)18-24(4,27)17-25-23(16-22-13-9-6-10-14-22)20(3)15-21-11-7-5-8-12-21/h5-14,19-20,23,25-27H,15-18H2,1-4H3/t20?,23?,24-/m1/s1. The number of nitrogens with one attached hydrogen (secondary N) is 2. The first-order chi connectivity index (χ1) is 14.1. The largest absolute Gasteiger partial charge is 0.388 e. The quantitative estimate of drug-likeness (QED) is 0.481. The maximum absolute atomic E-state index is 12.3. The van der Waals surface area contributed by atoms with Gasteiger partial charge in [-0.05, 0) is 50.7 Å². The Hall–Kier alpha value is -1.73. The van der Waals surface area contributed by atoms with E-state index in [9.17, 15) is 13.5 Å². The predicted molar refractivity (Wildman–Crippen MR) is 124 cm³/mol. The number of hydrogen-bond donors (Lipinski definition) is 3. The van der Waals surface area contributed by atoms with Crippen LogP contribution in [0, 0.1) is 5.92 Å². The van der Waals surface area contributed by atoms with Crippen molar-refractivity contribution in [3.8, 4) is 0 Å². The van der Waals surface area contributed by atoms with Crippen LogP contribution in [0.25, 0.3) is 0 Å². The second kappa shape index (κ2) is 11.0. The lowest BCUT2D eigenvalue weighted by Gasteiger charge is -2.31. The van der Waals surface area contributed by atoms with Crippen molar-refractivity contribution in [1.82, 2.24) is 10.0 Å². The van der Waals surface area contributed by atoms with Gasteiger partial charge in [-0.2, -0.15) is 0 Å². The molecule has 0 aliphatic heterocycles. The van der Waals surface area contributed by atoms with Crippen molar-refractivity contribution in [2.24, 2.45) is 5.92 Å². The molecule has 5 nitrogen and oxygen atoms in total. The van der Waals surface area contributed by atoms with Crippen LogP contribution in [0.4, 0.5) is 0 Å². The topological polar surface area (TPSA) is 78.4 Å². The van der Waals surface area contributed by atoms with E-state index in [1.165, 1.54) is 11.1 Å². The SMILES string of the molecule is CC(C)NS(=O)(=O)C[C@](C)(O)CNC(Cc1ccccc1)C(C)Cc1ccccc1. The number of aliphatic hydroxyl groups is 1. The van der Waals surface area contributed by atoms with E-state index in [0.717, 1.165) is 12.8 Å². The minimum atomic E-state index is -3.55. The highest BCUT2D eigenvalue weighted by atomic mass is 32.2. The van der Waals surface area contributed by atoms with E-state index in [1.807, 2.05) is 36.4 Å². The summed E-state index contributed by atoms with van der Waals surface area (Å²) in [4.78, 5) is 0. The van der Waals surface area contributed by atoms with Crippen LogP contribution >= 0.6 is 0 Å². The van der Waals surface area contributed by atoms with Gasteiger partial charge in [0.05, 0.1) is 11.4 Å². The third kappa shape index (κ3) is 8.96. The molecule has 3 atom stereocenters. The molecule has 0 saturated heterocycles. The highest BCUT2D eigenvalue weighted by Crippen LogP contribution is 2.17. The van der Waals surface area contributed by atoms with Gasteiger partial charge in [0.15, 0.2) is 0 Å². The number of hydrogen-bond acceptors (Lipinski definition) is 4. The van der Waals surface area contributed by atoms with Gasteiger partial charge in [0.1, 0.15) is 0 Å². The molecule has 2 unspecified atom stereocenters. The van der Waals surface area contributed by atoms with Gasteiger partial charge in [0, 0.05) is 18.6 Å². The van der Waals surface area contributed by atoms with Crippen molar-refractivity contribution in [1.29, 1.82) is 0 Å². The minimum Gasteiger partial charge on any atom is -0.388 e. The molecule has 0 aliphatic carbocycles. The van der Waals surface area contributed by atoms with Gasteiger partial charge in [-0.15, -0.1) is 0 Å². The molecule has 6 heteroatoms. The van der Waals surface area contributed by atoms with Gasteiger partial charge < -0.3 is 10.4 Å². The molecule has 0 aliphatic rings. The summed E-state index contributed by atoms with van der Waals surface area (Å²) in [6.07, 6.45) is 1.71. The number of sulfonamides is 1. The zero-order valence-electron chi connectivity index (χ0n) is 18.5. The van der Waals surface area contributed by atoms with E-state index in [1.54, 1.807) is 20.8 Å². The van der Waals surface area contributed by atoms with Crippen molar-refractivity contribution in [3.05, 3.63) is 71.8 Å². The molecule has 0 heterocycles. The van der Waals surface area contributed by atoms with Crippen LogP contribution in [0.5, 0.6) is 0 Å². The van der Waals surface area contributed by atoms with Gasteiger partial charge in [0.25, 0.3) is 0 Å². The molecule has 0 amide bonds. The molecular weight excluding hydrogens is 396 g/mol. The van der Waals surface area contributed by atoms with Crippen LogP contribution in [0.3, 0.4) is 0 Å². The van der Waals surface area contributed by atoms with Gasteiger partial charge in [-0.25, -0.2) is 13.1 Å². The van der Waals surface area contributed by atoms with E-state index >= 15 is 0 Å². The van der Waals surface area contributed by atoms with Crippen LogP contribution in [-0.2, 0) is 22.9 Å². The molecule has 2 aromatic rings. The van der Waals surface area contributed by atoms with Gasteiger partial charge in [-0.3, -0.25) is 0 Å². The first-order valence-electron chi connectivity index (χ1n) is 10.6. The highest BCUT2D eigenvalue weighted by Gasteiger charge is 2.30. The third-order valence-electron chi connectivity index (χ3n) is 5.05. The molecule has 3 N–H and O–H groups in total. The molecule has 0 bridgehead atoms. The molecule has 2 aromatic carbocycles. The normalized spacial score (nSPS) is 16.2. The molecule has 0 saturated carbocycles. The van der Waals surface area contributed by atoms with Crippen molar-refractivity contribution in [3.63, 3.8) is 0 Å². The van der Waals surface area contributed by atoms with E-state index in [-0.39, 0.29) is 24.4 Å². The van der Waals surface area contributed by atoms with Crippen LogP contribution in [-0.4, -0.2) is 43.5 Å². The molecule has 0 aromatic heterocycles. The predicted octanol–water partition coefficient (Wildman–Crippen LogP) is 3.14. The minimum absolute atomic E-state index is 0.0971. The average Bonchev–Trinajstić information content (AvgIpc) is 2.64. The summed E-state index contributed by atoms with van der Waals surface area (Å²) >= 11 is 0. The van der Waals surface area contributed by atoms with Crippen molar-refractivity contribution in [2.45, 2.75) is 58.2 Å². The Labute approximate surface area is 182 Å². The first-order valence-corrected chi connectivity index (χ1v) is 12.3. The fraction of sp³-hybridized carbons (Fsp3) is 0.500. The fourth-order valence-corrected chi connectivity index (χ4v) is 5.41. The van der Waals surface area contributed by atoms with E-state index in [0.29, 0.717) is 5.92 Å². The van der Waals surface area contributed by atoms with Crippen LogP contribution in [0.2, 0.25) is 0 Å². The van der Waals surface area contributed by atoms with E-state index in [2.05, 4.69) is 41.2 Å². The van der Waals surface area contributed by atoms with Gasteiger partial charge in [-0.1, -0.05) is 67.6 Å². The van der Waals surface area contributed by atoms with Crippen LogP contribution < -0.4 is 10.0 Å². The van der Waals surface area contributed by atoms with Crippen LogP contribution in [0.1, 0.15) is 38.8 Å². The summed E-state index contributed by atoms with van der Waals surface area (Å²) in [5, 5.41) is 14.2. The monoisotopic (exact) mass is 432 g/mol. The third-order valence-corrected chi connectivity index (χ3v) is 6.88. The molecule has 166 valence electrons. The van der Waals surface area contributed by atoms with Gasteiger partial charge in [0.2, 0.25) is 10.0 Å². The Kier molecular flexibility index (Phi) is 9.04. The molecule has 0 fully saturated rings. The lowest BCUT2D eigenvalue weighted by Crippen LogP contribution is -2.51. The van der Waals surface area contributed by atoms with Crippen LogP contribution in [0.15, 0.2) is 60.7 Å². The summed E-state index contributed by atoms with van der Waals surface area (Å²) in [5.41, 5.74) is 1.10. The Morgan fingerprint density at radius 1 is 0.900 bits per heavy atom. The highest BCUT2D eigenvalue weighted by molar-refractivity contribution is 7.89. The Bertz CT molecular complexity index is 853. The maximum Gasteiger partial charge on any atom is 0.214 e. The van der Waals surface area contributed by atoms with E-state index in [4.69, 9.17) is 0 Å². The fourth-order valence-electron chi connectivity index (χ4n) is 3.68. The lowest BCUT2D eigenvalue weighted by molar-refractivity contribution is 0.0766. The summed E-state index contributed by atoms with van der Waals surface area (Å²) in [7, 11) is -3.55. The second-order valence-corrected chi connectivity index (χ2v) is 10.6. The molecule has 2 rings (SSSR count). The molecule has 0 spiro atoms. The zero-order chi connectivity index (χ0) is 22.2. The average molecular weight is 433 g/mol. The lowest BCUT2D eigenvalue weighted by atomic mass is 9.89. The number of rotatable bonds is 12. The van der Waals surface area contributed by atoms with Gasteiger partial charge >= 0.3 is 0 Å². The summed E-state index contributed by atoms with van der Waals surface area (Å²) < 4.78 is 27.1. The molecular formula is C24H36N2O3S. The maximum atomic E-state index is 12.3. The van der Waals surface area contributed by atoms with Crippen molar-refractivity contribution in [2.75, 3.05) is 12.3 Å². The summed E-state index contributed by atoms with van der Waals surface area (Å²) in [6.45, 7) is 7.50.